The molecule has 3 rings (SSSR count). The van der Waals surface area contributed by atoms with Crippen molar-refractivity contribution in [2.24, 2.45) is 5.92 Å². The number of hydrogen-bond donors (Lipinski definition) is 3. The number of fused-ring (bicyclic) bond motifs is 1. The predicted octanol–water partition coefficient (Wildman–Crippen LogP) is 1.16. The normalized spacial score (nSPS) is 26.0. The summed E-state index contributed by atoms with van der Waals surface area (Å²) in [6, 6.07) is 7.53. The van der Waals surface area contributed by atoms with Crippen molar-refractivity contribution in [1.29, 1.82) is 0 Å². The maximum atomic E-state index is 12.2. The second-order valence-corrected chi connectivity index (χ2v) is 6.17. The fourth-order valence-corrected chi connectivity index (χ4v) is 3.50. The number of para-hydroxylation sites is 1. The van der Waals surface area contributed by atoms with E-state index in [9.17, 15) is 9.90 Å². The Morgan fingerprint density at radius 2 is 2.20 bits per heavy atom. The molecule has 1 aromatic carbocycles. The van der Waals surface area contributed by atoms with Gasteiger partial charge in [0, 0.05) is 18.6 Å². The van der Waals surface area contributed by atoms with Gasteiger partial charge >= 0.3 is 0 Å². The third-order valence-electron chi connectivity index (χ3n) is 3.72. The van der Waals surface area contributed by atoms with E-state index < -0.39 is 6.10 Å². The molecule has 0 radical (unpaired) electrons. The Kier molecular flexibility index (Phi) is 3.69. The minimum absolute atomic E-state index is 0.0469. The van der Waals surface area contributed by atoms with E-state index in [1.165, 1.54) is 11.3 Å². The SMILES string of the molecule is O=C(NC1CC(O)C(CO)C1)c1nc2ccccc2s1. The largest absolute Gasteiger partial charge is 0.396 e. The van der Waals surface area contributed by atoms with Crippen LogP contribution < -0.4 is 5.32 Å². The van der Waals surface area contributed by atoms with E-state index in [0.29, 0.717) is 17.8 Å². The molecule has 0 spiro atoms. The lowest BCUT2D eigenvalue weighted by Crippen LogP contribution is -2.33. The summed E-state index contributed by atoms with van der Waals surface area (Å²) in [4.78, 5) is 16.5. The summed E-state index contributed by atoms with van der Waals surface area (Å²) in [5.74, 6) is -0.349. The number of benzene rings is 1. The molecular weight excluding hydrogens is 276 g/mol. The van der Waals surface area contributed by atoms with Crippen molar-refractivity contribution in [3.05, 3.63) is 29.3 Å². The van der Waals surface area contributed by atoms with Crippen LogP contribution in [0.2, 0.25) is 0 Å². The fraction of sp³-hybridized carbons (Fsp3) is 0.429. The third kappa shape index (κ3) is 2.54. The highest BCUT2D eigenvalue weighted by molar-refractivity contribution is 7.20. The number of aromatic nitrogens is 1. The van der Waals surface area contributed by atoms with Gasteiger partial charge in [-0.25, -0.2) is 4.98 Å². The molecule has 1 aliphatic rings. The molecule has 3 N–H and O–H groups in total. The Hall–Kier alpha value is -1.50. The van der Waals surface area contributed by atoms with E-state index in [1.54, 1.807) is 0 Å². The number of aliphatic hydroxyl groups excluding tert-OH is 2. The molecule has 0 aliphatic heterocycles. The summed E-state index contributed by atoms with van der Waals surface area (Å²) in [7, 11) is 0. The molecule has 106 valence electrons. The molecule has 0 saturated heterocycles. The first-order valence-corrected chi connectivity index (χ1v) is 7.44. The Balaban J connectivity index is 1.70. The average molecular weight is 292 g/mol. The van der Waals surface area contributed by atoms with Crippen molar-refractivity contribution < 1.29 is 15.0 Å². The van der Waals surface area contributed by atoms with Crippen molar-refractivity contribution in [1.82, 2.24) is 10.3 Å². The lowest BCUT2D eigenvalue weighted by Gasteiger charge is -2.10. The number of carbonyl (C=O) groups excluding carboxylic acids is 1. The van der Waals surface area contributed by atoms with Crippen LogP contribution in [0.25, 0.3) is 10.2 Å². The van der Waals surface area contributed by atoms with Crippen molar-refractivity contribution in [3.63, 3.8) is 0 Å². The maximum Gasteiger partial charge on any atom is 0.280 e. The van der Waals surface area contributed by atoms with Crippen LogP contribution in [0.3, 0.4) is 0 Å². The molecular formula is C14H16N2O3S. The highest BCUT2D eigenvalue weighted by Gasteiger charge is 2.33. The molecule has 3 unspecified atom stereocenters. The first kappa shape index (κ1) is 13.5. The van der Waals surface area contributed by atoms with E-state index in [1.807, 2.05) is 24.3 Å². The number of hydrogen-bond acceptors (Lipinski definition) is 5. The second kappa shape index (κ2) is 5.47. The molecule has 1 aliphatic carbocycles. The minimum atomic E-state index is -0.541. The zero-order valence-electron chi connectivity index (χ0n) is 10.8. The lowest BCUT2D eigenvalue weighted by molar-refractivity contribution is 0.0903. The van der Waals surface area contributed by atoms with Crippen molar-refractivity contribution in [2.75, 3.05) is 6.61 Å². The Morgan fingerprint density at radius 1 is 1.40 bits per heavy atom. The number of carbonyl (C=O) groups is 1. The molecule has 6 heteroatoms. The number of aliphatic hydroxyl groups is 2. The minimum Gasteiger partial charge on any atom is -0.396 e. The highest BCUT2D eigenvalue weighted by atomic mass is 32.1. The van der Waals surface area contributed by atoms with Crippen LogP contribution in [0.15, 0.2) is 24.3 Å². The molecule has 3 atom stereocenters. The molecule has 1 fully saturated rings. The predicted molar refractivity (Wildman–Crippen MR) is 76.7 cm³/mol. The second-order valence-electron chi connectivity index (χ2n) is 5.14. The van der Waals surface area contributed by atoms with Crippen LogP contribution in [0.4, 0.5) is 0 Å². The van der Waals surface area contributed by atoms with Crippen LogP contribution >= 0.6 is 11.3 Å². The van der Waals surface area contributed by atoms with Crippen LogP contribution in [0, 0.1) is 5.92 Å². The average Bonchev–Trinajstić information content (AvgIpc) is 3.01. The first-order chi connectivity index (χ1) is 9.67. The number of nitrogens with zero attached hydrogens (tertiary/aromatic N) is 1. The number of rotatable bonds is 3. The maximum absolute atomic E-state index is 12.2. The lowest BCUT2D eigenvalue weighted by atomic mass is 10.1. The molecule has 20 heavy (non-hydrogen) atoms. The van der Waals surface area contributed by atoms with Gasteiger partial charge < -0.3 is 15.5 Å². The summed E-state index contributed by atoms with van der Waals surface area (Å²) in [5.41, 5.74) is 0.822. The number of nitrogens with one attached hydrogen (secondary N) is 1. The van der Waals surface area contributed by atoms with Gasteiger partial charge in [0.25, 0.3) is 5.91 Å². The van der Waals surface area contributed by atoms with Gasteiger partial charge in [-0.1, -0.05) is 12.1 Å². The van der Waals surface area contributed by atoms with E-state index in [2.05, 4.69) is 10.3 Å². The standard InChI is InChI=1S/C14H16N2O3S/c17-7-8-5-9(6-11(8)18)15-13(19)14-16-10-3-1-2-4-12(10)20-14/h1-4,8-9,11,17-18H,5-7H2,(H,15,19). The van der Waals surface area contributed by atoms with Gasteiger partial charge in [0.15, 0.2) is 5.01 Å². The van der Waals surface area contributed by atoms with Crippen LogP contribution in [0.1, 0.15) is 22.6 Å². The van der Waals surface area contributed by atoms with E-state index in [0.717, 1.165) is 10.2 Å². The fourth-order valence-electron chi connectivity index (χ4n) is 2.63. The van der Waals surface area contributed by atoms with Gasteiger partial charge in [-0.05, 0) is 25.0 Å². The number of thiazole rings is 1. The molecule has 2 aromatic rings. The molecule has 5 nitrogen and oxygen atoms in total. The monoisotopic (exact) mass is 292 g/mol. The topological polar surface area (TPSA) is 82.5 Å². The molecule has 0 bridgehead atoms. The summed E-state index contributed by atoms with van der Waals surface area (Å²) < 4.78 is 0.984. The van der Waals surface area contributed by atoms with E-state index >= 15 is 0 Å². The van der Waals surface area contributed by atoms with E-state index in [4.69, 9.17) is 5.11 Å². The van der Waals surface area contributed by atoms with Gasteiger partial charge in [-0.2, -0.15) is 0 Å². The van der Waals surface area contributed by atoms with Gasteiger partial charge in [0.2, 0.25) is 0 Å². The Morgan fingerprint density at radius 3 is 2.90 bits per heavy atom. The zero-order chi connectivity index (χ0) is 14.1. The van der Waals surface area contributed by atoms with Crippen LogP contribution in [0.5, 0.6) is 0 Å². The Bertz CT molecular complexity index is 595. The smallest absolute Gasteiger partial charge is 0.280 e. The van der Waals surface area contributed by atoms with Gasteiger partial charge in [0.05, 0.1) is 16.3 Å². The summed E-state index contributed by atoms with van der Waals surface area (Å²) >= 11 is 1.36. The Labute approximate surface area is 120 Å². The van der Waals surface area contributed by atoms with Crippen molar-refractivity contribution >= 4 is 27.5 Å². The number of amides is 1. The zero-order valence-corrected chi connectivity index (χ0v) is 11.6. The quantitative estimate of drug-likeness (QED) is 0.793. The molecule has 1 aromatic heterocycles. The van der Waals surface area contributed by atoms with Crippen molar-refractivity contribution in [2.45, 2.75) is 25.0 Å². The van der Waals surface area contributed by atoms with Gasteiger partial charge in [0.1, 0.15) is 0 Å². The summed E-state index contributed by atoms with van der Waals surface area (Å²) in [6.07, 6.45) is 0.552. The molecule has 1 saturated carbocycles. The van der Waals surface area contributed by atoms with Gasteiger partial charge in [-0.15, -0.1) is 11.3 Å². The van der Waals surface area contributed by atoms with E-state index in [-0.39, 0.29) is 24.5 Å². The summed E-state index contributed by atoms with van der Waals surface area (Å²) in [6.45, 7) is -0.0469. The van der Waals surface area contributed by atoms with Crippen LogP contribution in [-0.2, 0) is 0 Å². The molecule has 1 amide bonds. The van der Waals surface area contributed by atoms with Crippen molar-refractivity contribution in [3.8, 4) is 0 Å². The summed E-state index contributed by atoms with van der Waals surface area (Å²) in [5, 5.41) is 22.2. The third-order valence-corrected chi connectivity index (χ3v) is 4.75. The first-order valence-electron chi connectivity index (χ1n) is 6.62. The van der Waals surface area contributed by atoms with Crippen LogP contribution in [-0.4, -0.2) is 39.9 Å². The highest BCUT2D eigenvalue weighted by Crippen LogP contribution is 2.27. The van der Waals surface area contributed by atoms with Gasteiger partial charge in [-0.3, -0.25) is 4.79 Å². The molecule has 1 heterocycles.